The highest BCUT2D eigenvalue weighted by molar-refractivity contribution is 6.56. The van der Waals surface area contributed by atoms with E-state index in [2.05, 4.69) is 0 Å². The first-order chi connectivity index (χ1) is 5.73. The molecular weight excluding hydrogens is 234 g/mol. The predicted octanol–water partition coefficient (Wildman–Crippen LogP) is 3.02. The lowest BCUT2D eigenvalue weighted by atomic mass is 10.1. The molecule has 0 aromatic carbocycles. The number of hydrogen-bond acceptors (Lipinski definition) is 1. The van der Waals surface area contributed by atoms with Crippen LogP contribution in [0.1, 0.15) is 13.8 Å². The van der Waals surface area contributed by atoms with Gasteiger partial charge in [0, 0.05) is 5.41 Å². The highest BCUT2D eigenvalue weighted by atomic mass is 35.5. The van der Waals surface area contributed by atoms with E-state index in [0.29, 0.717) is 0 Å². The van der Waals surface area contributed by atoms with Crippen LogP contribution >= 0.6 is 34.8 Å². The van der Waals surface area contributed by atoms with Crippen LogP contribution in [0.15, 0.2) is 10.6 Å². The Morgan fingerprint density at radius 3 is 2.15 bits per heavy atom. The second-order valence-electron chi connectivity index (χ2n) is 3.69. The van der Waals surface area contributed by atoms with Crippen molar-refractivity contribution in [2.45, 2.75) is 18.7 Å². The molecule has 1 saturated carbocycles. The molecule has 0 aliphatic heterocycles. The first kappa shape index (κ1) is 11.2. The molecular formula is C8H9Cl3O2. The number of allylic oxidation sites excluding steroid dienone is 1. The lowest BCUT2D eigenvalue weighted by molar-refractivity contribution is -0.139. The summed E-state index contributed by atoms with van der Waals surface area (Å²) < 4.78 is 0.00632. The molecule has 74 valence electrons. The Morgan fingerprint density at radius 2 is 1.92 bits per heavy atom. The third kappa shape index (κ3) is 1.56. The number of carboxylic acid groups (broad SMARTS) is 1. The molecule has 1 fully saturated rings. The van der Waals surface area contributed by atoms with Crippen molar-refractivity contribution in [3.63, 3.8) is 0 Å². The van der Waals surface area contributed by atoms with Gasteiger partial charge in [0.2, 0.25) is 0 Å². The molecule has 0 bridgehead atoms. The van der Waals surface area contributed by atoms with Crippen LogP contribution in [-0.2, 0) is 4.79 Å². The summed E-state index contributed by atoms with van der Waals surface area (Å²) in [5, 5.41) is 8.84. The van der Waals surface area contributed by atoms with Gasteiger partial charge in [-0.05, 0) is 6.08 Å². The van der Waals surface area contributed by atoms with Gasteiger partial charge in [0.25, 0.3) is 0 Å². The monoisotopic (exact) mass is 242 g/mol. The summed E-state index contributed by atoms with van der Waals surface area (Å²) in [6, 6.07) is 0. The predicted molar refractivity (Wildman–Crippen MR) is 53.3 cm³/mol. The van der Waals surface area contributed by atoms with Crippen LogP contribution in [0.2, 0.25) is 0 Å². The van der Waals surface area contributed by atoms with Crippen molar-refractivity contribution in [2.24, 2.45) is 11.3 Å². The van der Waals surface area contributed by atoms with Crippen LogP contribution in [0.4, 0.5) is 0 Å². The third-order valence-electron chi connectivity index (χ3n) is 2.61. The molecule has 2 nitrogen and oxygen atoms in total. The Morgan fingerprint density at radius 1 is 1.46 bits per heavy atom. The second kappa shape index (κ2) is 3.04. The Hall–Kier alpha value is 0.0800. The van der Waals surface area contributed by atoms with E-state index in [9.17, 15) is 4.79 Å². The van der Waals surface area contributed by atoms with Crippen LogP contribution in [0.25, 0.3) is 0 Å². The normalized spacial score (nSPS) is 35.3. The number of rotatable bonds is 2. The summed E-state index contributed by atoms with van der Waals surface area (Å²) in [5.74, 6) is -1.56. The van der Waals surface area contributed by atoms with E-state index in [1.807, 2.05) is 0 Å². The van der Waals surface area contributed by atoms with Crippen molar-refractivity contribution < 1.29 is 9.90 Å². The lowest BCUT2D eigenvalue weighted by Gasteiger charge is -2.04. The molecule has 5 heteroatoms. The molecule has 0 radical (unpaired) electrons. The molecule has 1 aliphatic carbocycles. The molecule has 0 spiro atoms. The molecule has 2 unspecified atom stereocenters. The van der Waals surface area contributed by atoms with Crippen LogP contribution in [0.3, 0.4) is 0 Å². The van der Waals surface area contributed by atoms with Gasteiger partial charge in [-0.3, -0.25) is 4.79 Å². The average molecular weight is 244 g/mol. The van der Waals surface area contributed by atoms with Gasteiger partial charge in [-0.2, -0.15) is 0 Å². The van der Waals surface area contributed by atoms with Gasteiger partial charge in [0.15, 0.2) is 0 Å². The van der Waals surface area contributed by atoms with Gasteiger partial charge < -0.3 is 5.11 Å². The van der Waals surface area contributed by atoms with Crippen molar-refractivity contribution in [3.05, 3.63) is 10.6 Å². The number of halogens is 3. The maximum atomic E-state index is 10.8. The van der Waals surface area contributed by atoms with Gasteiger partial charge >= 0.3 is 5.97 Å². The highest BCUT2D eigenvalue weighted by Crippen LogP contribution is 2.67. The topological polar surface area (TPSA) is 37.3 Å². The molecule has 0 aromatic rings. The summed E-state index contributed by atoms with van der Waals surface area (Å²) in [7, 11) is 0. The number of alkyl halides is 1. The first-order valence-corrected chi connectivity index (χ1v) is 4.82. The summed E-state index contributed by atoms with van der Waals surface area (Å²) >= 11 is 17.0. The Bertz CT molecular complexity index is 281. The second-order valence-corrected chi connectivity index (χ2v) is 5.33. The maximum Gasteiger partial charge on any atom is 0.309 e. The van der Waals surface area contributed by atoms with Crippen LogP contribution in [-0.4, -0.2) is 16.0 Å². The summed E-state index contributed by atoms with van der Waals surface area (Å²) in [5.41, 5.74) is -0.505. The zero-order chi connectivity index (χ0) is 10.4. The molecule has 0 heterocycles. The Labute approximate surface area is 91.5 Å². The van der Waals surface area contributed by atoms with E-state index in [1.54, 1.807) is 13.8 Å². The first-order valence-electron chi connectivity index (χ1n) is 3.69. The van der Waals surface area contributed by atoms with E-state index >= 15 is 0 Å². The maximum absolute atomic E-state index is 10.8. The number of carboxylic acids is 1. The molecule has 2 atom stereocenters. The van der Waals surface area contributed by atoms with Gasteiger partial charge in [-0.15, -0.1) is 11.6 Å². The van der Waals surface area contributed by atoms with Crippen molar-refractivity contribution in [1.29, 1.82) is 0 Å². The minimum atomic E-state index is -0.947. The molecule has 1 N–H and O–H groups in total. The van der Waals surface area contributed by atoms with E-state index in [4.69, 9.17) is 39.9 Å². The zero-order valence-corrected chi connectivity index (χ0v) is 9.41. The fourth-order valence-corrected chi connectivity index (χ4v) is 2.65. The summed E-state index contributed by atoms with van der Waals surface area (Å²) in [6.45, 7) is 3.54. The van der Waals surface area contributed by atoms with E-state index < -0.39 is 22.2 Å². The Kier molecular flexibility index (Phi) is 2.61. The third-order valence-corrected chi connectivity index (χ3v) is 3.64. The quantitative estimate of drug-likeness (QED) is 0.757. The number of carbonyl (C=O) groups is 1. The van der Waals surface area contributed by atoms with Crippen LogP contribution < -0.4 is 0 Å². The SMILES string of the molecule is CC1(C)C(C(=O)O)C1(Cl)C=C(Cl)Cl. The molecule has 1 aliphatic rings. The van der Waals surface area contributed by atoms with Crippen molar-refractivity contribution in [2.75, 3.05) is 0 Å². The number of aliphatic carboxylic acids is 1. The molecule has 0 saturated heterocycles. The smallest absolute Gasteiger partial charge is 0.309 e. The molecule has 13 heavy (non-hydrogen) atoms. The van der Waals surface area contributed by atoms with E-state index in [-0.39, 0.29) is 4.49 Å². The van der Waals surface area contributed by atoms with Gasteiger partial charge in [-0.1, -0.05) is 37.0 Å². The summed E-state index contributed by atoms with van der Waals surface area (Å²) in [4.78, 5) is 9.83. The van der Waals surface area contributed by atoms with Crippen LogP contribution in [0.5, 0.6) is 0 Å². The minimum Gasteiger partial charge on any atom is -0.481 e. The van der Waals surface area contributed by atoms with Crippen molar-refractivity contribution >= 4 is 40.8 Å². The van der Waals surface area contributed by atoms with E-state index in [1.165, 1.54) is 6.08 Å². The standard InChI is InChI=1S/C8H9Cl3O2/c1-7(2)5(6(12)13)8(7,11)3-4(9)10/h3,5H,1-2H3,(H,12,13). The minimum absolute atomic E-state index is 0.00632. The number of hydrogen-bond donors (Lipinski definition) is 1. The fourth-order valence-electron chi connectivity index (χ4n) is 1.66. The van der Waals surface area contributed by atoms with Crippen molar-refractivity contribution in [1.82, 2.24) is 0 Å². The Balaban J connectivity index is 2.97. The highest BCUT2D eigenvalue weighted by Gasteiger charge is 2.73. The molecule has 1 rings (SSSR count). The van der Waals surface area contributed by atoms with Crippen molar-refractivity contribution in [3.8, 4) is 0 Å². The van der Waals surface area contributed by atoms with Gasteiger partial charge in [0.05, 0.1) is 10.8 Å². The summed E-state index contributed by atoms with van der Waals surface area (Å²) in [6.07, 6.45) is 1.39. The largest absolute Gasteiger partial charge is 0.481 e. The van der Waals surface area contributed by atoms with Gasteiger partial charge in [0.1, 0.15) is 4.49 Å². The van der Waals surface area contributed by atoms with Gasteiger partial charge in [-0.25, -0.2) is 0 Å². The van der Waals surface area contributed by atoms with E-state index in [0.717, 1.165) is 0 Å². The average Bonchev–Trinajstić information content (AvgIpc) is 2.22. The molecule has 0 amide bonds. The fraction of sp³-hybridized carbons (Fsp3) is 0.625. The van der Waals surface area contributed by atoms with Crippen LogP contribution in [0, 0.1) is 11.3 Å². The lowest BCUT2D eigenvalue weighted by Crippen LogP contribution is -2.07. The molecule has 0 aromatic heterocycles. The zero-order valence-electron chi connectivity index (χ0n) is 7.14.